The van der Waals surface area contributed by atoms with Gasteiger partial charge in [0.2, 0.25) is 0 Å². The van der Waals surface area contributed by atoms with Gasteiger partial charge in [0.05, 0.1) is 13.1 Å². The van der Waals surface area contributed by atoms with Crippen LogP contribution in [0.25, 0.3) is 32.9 Å². The molecule has 0 radical (unpaired) electrons. The number of hydrogen-bond donors (Lipinski definition) is 0. The van der Waals surface area contributed by atoms with Gasteiger partial charge in [-0.3, -0.25) is 0 Å². The van der Waals surface area contributed by atoms with Crippen LogP contribution in [0.15, 0.2) is 109 Å². The molecule has 4 aromatic carbocycles. The summed E-state index contributed by atoms with van der Waals surface area (Å²) in [6, 6.07) is 30.6. The molecule has 0 amide bonds. The number of aromatic nitrogens is 2. The van der Waals surface area contributed by atoms with Gasteiger partial charge in [-0.05, 0) is 58.3 Å². The molecule has 166 valence electrons. The lowest BCUT2D eigenvalue weighted by atomic mass is 10.0. The smallest absolute Gasteiger partial charge is 0.128 e. The van der Waals surface area contributed by atoms with E-state index in [9.17, 15) is 8.78 Å². The molecular formula is C30H22F2N2. The monoisotopic (exact) mass is 448 g/mol. The van der Waals surface area contributed by atoms with E-state index in [4.69, 9.17) is 0 Å². The molecule has 0 bridgehead atoms. The lowest BCUT2D eigenvalue weighted by Crippen LogP contribution is -2.00. The third-order valence-electron chi connectivity index (χ3n) is 6.48. The van der Waals surface area contributed by atoms with Crippen molar-refractivity contribution in [2.24, 2.45) is 0 Å². The van der Waals surface area contributed by atoms with E-state index < -0.39 is 0 Å². The van der Waals surface area contributed by atoms with E-state index in [1.807, 2.05) is 36.7 Å². The van der Waals surface area contributed by atoms with Gasteiger partial charge in [0, 0.05) is 34.6 Å². The molecule has 2 heterocycles. The highest BCUT2D eigenvalue weighted by Crippen LogP contribution is 2.29. The molecule has 0 unspecified atom stereocenters. The van der Waals surface area contributed by atoms with Crippen LogP contribution in [0, 0.1) is 11.6 Å². The molecule has 2 nitrogen and oxygen atoms in total. The highest BCUT2D eigenvalue weighted by atomic mass is 19.1. The lowest BCUT2D eigenvalue weighted by Gasteiger charge is -2.10. The quantitative estimate of drug-likeness (QED) is 0.256. The Kier molecular flexibility index (Phi) is 4.99. The Morgan fingerprint density at radius 1 is 0.500 bits per heavy atom. The fourth-order valence-corrected chi connectivity index (χ4v) is 4.62. The Bertz CT molecular complexity index is 1520. The van der Waals surface area contributed by atoms with Gasteiger partial charge in [-0.1, -0.05) is 60.7 Å². The molecule has 0 aliphatic carbocycles. The van der Waals surface area contributed by atoms with Gasteiger partial charge in [-0.2, -0.15) is 0 Å². The zero-order valence-electron chi connectivity index (χ0n) is 18.5. The van der Waals surface area contributed by atoms with E-state index in [0.29, 0.717) is 24.2 Å². The molecule has 6 rings (SSSR count). The Morgan fingerprint density at radius 2 is 0.941 bits per heavy atom. The molecule has 0 atom stereocenters. The van der Waals surface area contributed by atoms with Crippen molar-refractivity contribution in [3.63, 3.8) is 0 Å². The number of hydrogen-bond acceptors (Lipinski definition) is 0. The minimum Gasteiger partial charge on any atom is -0.343 e. The summed E-state index contributed by atoms with van der Waals surface area (Å²) in [5, 5.41) is 2.23. The number of benzene rings is 4. The number of nitrogens with zero attached hydrogens (tertiary/aromatic N) is 2. The summed E-state index contributed by atoms with van der Waals surface area (Å²) in [6.07, 6.45) is 4.01. The van der Waals surface area contributed by atoms with E-state index in [-0.39, 0.29) is 11.6 Å². The normalized spacial score (nSPS) is 11.5. The van der Waals surface area contributed by atoms with Crippen molar-refractivity contribution in [1.82, 2.24) is 9.13 Å². The van der Waals surface area contributed by atoms with Crippen LogP contribution in [0.2, 0.25) is 0 Å². The van der Waals surface area contributed by atoms with Gasteiger partial charge >= 0.3 is 0 Å². The molecule has 0 saturated carbocycles. The van der Waals surface area contributed by atoms with Crippen LogP contribution in [0.3, 0.4) is 0 Å². The van der Waals surface area contributed by atoms with Gasteiger partial charge in [0.25, 0.3) is 0 Å². The minimum atomic E-state index is -0.193. The highest BCUT2D eigenvalue weighted by Gasteiger charge is 2.10. The second-order valence-corrected chi connectivity index (χ2v) is 8.62. The molecule has 6 aromatic rings. The zero-order chi connectivity index (χ0) is 23.1. The van der Waals surface area contributed by atoms with Crippen LogP contribution in [0.4, 0.5) is 8.78 Å². The first-order valence-electron chi connectivity index (χ1n) is 11.3. The van der Waals surface area contributed by atoms with Crippen molar-refractivity contribution in [2.45, 2.75) is 13.1 Å². The lowest BCUT2D eigenvalue weighted by molar-refractivity contribution is 0.602. The molecule has 34 heavy (non-hydrogen) atoms. The van der Waals surface area contributed by atoms with E-state index >= 15 is 0 Å². The number of rotatable bonds is 5. The topological polar surface area (TPSA) is 9.86 Å². The largest absolute Gasteiger partial charge is 0.343 e. The van der Waals surface area contributed by atoms with Gasteiger partial charge < -0.3 is 9.13 Å². The van der Waals surface area contributed by atoms with Crippen molar-refractivity contribution < 1.29 is 8.78 Å². The Labute approximate surface area is 196 Å². The maximum absolute atomic E-state index is 14.2. The van der Waals surface area contributed by atoms with Crippen LogP contribution < -0.4 is 0 Å². The molecule has 0 saturated heterocycles. The van der Waals surface area contributed by atoms with Crippen molar-refractivity contribution >= 4 is 21.8 Å². The summed E-state index contributed by atoms with van der Waals surface area (Å²) in [7, 11) is 0. The van der Waals surface area contributed by atoms with Gasteiger partial charge in [-0.15, -0.1) is 0 Å². The summed E-state index contributed by atoms with van der Waals surface area (Å²) in [5.74, 6) is -0.386. The van der Waals surface area contributed by atoms with Crippen LogP contribution >= 0.6 is 0 Å². The van der Waals surface area contributed by atoms with Crippen molar-refractivity contribution in [3.8, 4) is 11.1 Å². The number of fused-ring (bicyclic) bond motifs is 2. The fraction of sp³-hybridized carbons (Fsp3) is 0.0667. The first-order valence-corrected chi connectivity index (χ1v) is 11.3. The third kappa shape index (κ3) is 3.67. The minimum absolute atomic E-state index is 0.193. The average Bonchev–Trinajstić information content (AvgIpc) is 3.45. The first kappa shape index (κ1) is 20.4. The highest BCUT2D eigenvalue weighted by molar-refractivity contribution is 5.89. The summed E-state index contributed by atoms with van der Waals surface area (Å²) < 4.78 is 32.6. The fourth-order valence-electron chi connectivity index (χ4n) is 4.62. The number of halogens is 2. The standard InChI is InChI=1S/C30H22F2N2/c31-27-7-3-1-5-25(27)19-33-15-13-21-9-11-23(17-29(21)33)24-12-10-22-14-16-34(30(22)18-24)20-26-6-2-4-8-28(26)32/h1-18H,19-20H2. The van der Waals surface area contributed by atoms with Crippen LogP contribution in [-0.2, 0) is 13.1 Å². The SMILES string of the molecule is Fc1ccccc1Cn1ccc2ccc(-c3ccc4ccn(Cc5ccccc5F)c4c3)cc21. The molecule has 0 aliphatic rings. The second kappa shape index (κ2) is 8.31. The maximum atomic E-state index is 14.2. The van der Waals surface area contributed by atoms with Crippen LogP contribution in [0.5, 0.6) is 0 Å². The molecule has 0 aliphatic heterocycles. The Morgan fingerprint density at radius 3 is 1.38 bits per heavy atom. The molecule has 0 N–H and O–H groups in total. The molecule has 0 spiro atoms. The summed E-state index contributed by atoms with van der Waals surface area (Å²) in [4.78, 5) is 0. The van der Waals surface area contributed by atoms with Gasteiger partial charge in [0.15, 0.2) is 0 Å². The van der Waals surface area contributed by atoms with Gasteiger partial charge in [-0.25, -0.2) is 8.78 Å². The van der Waals surface area contributed by atoms with E-state index in [1.54, 1.807) is 12.1 Å². The van der Waals surface area contributed by atoms with Crippen molar-refractivity contribution in [3.05, 3.63) is 132 Å². The summed E-state index contributed by atoms with van der Waals surface area (Å²) in [6.45, 7) is 0.953. The zero-order valence-corrected chi connectivity index (χ0v) is 18.5. The molecular weight excluding hydrogens is 426 g/mol. The average molecular weight is 449 g/mol. The first-order chi connectivity index (χ1) is 16.7. The van der Waals surface area contributed by atoms with Crippen molar-refractivity contribution in [2.75, 3.05) is 0 Å². The van der Waals surface area contributed by atoms with E-state index in [2.05, 4.69) is 57.7 Å². The van der Waals surface area contributed by atoms with E-state index in [1.165, 1.54) is 12.1 Å². The molecule has 2 aromatic heterocycles. The Hall–Kier alpha value is -4.18. The second-order valence-electron chi connectivity index (χ2n) is 8.62. The van der Waals surface area contributed by atoms with Crippen molar-refractivity contribution in [1.29, 1.82) is 0 Å². The maximum Gasteiger partial charge on any atom is 0.128 e. The third-order valence-corrected chi connectivity index (χ3v) is 6.48. The molecule has 4 heteroatoms. The van der Waals surface area contributed by atoms with Gasteiger partial charge in [0.1, 0.15) is 11.6 Å². The van der Waals surface area contributed by atoms with Crippen LogP contribution in [0.1, 0.15) is 11.1 Å². The molecule has 0 fully saturated rings. The summed E-state index contributed by atoms with van der Waals surface area (Å²) in [5.41, 5.74) is 5.61. The Balaban J connectivity index is 1.38. The van der Waals surface area contributed by atoms with Crippen LogP contribution in [-0.4, -0.2) is 9.13 Å². The predicted octanol–water partition coefficient (Wildman–Crippen LogP) is 7.64. The van der Waals surface area contributed by atoms with E-state index in [0.717, 1.165) is 32.9 Å². The summed E-state index contributed by atoms with van der Waals surface area (Å²) >= 11 is 0. The predicted molar refractivity (Wildman–Crippen MR) is 134 cm³/mol.